The molecule has 2 aliphatic rings. The predicted molar refractivity (Wildman–Crippen MR) is 148 cm³/mol. The number of rotatable bonds is 12. The molecule has 236 valence electrons. The number of alkyl halides is 3. The summed E-state index contributed by atoms with van der Waals surface area (Å²) >= 11 is 0. The van der Waals surface area contributed by atoms with Gasteiger partial charge in [0.15, 0.2) is 14.6 Å². The lowest BCUT2D eigenvalue weighted by Crippen LogP contribution is -2.54. The maximum atomic E-state index is 13.3. The molecule has 4 rings (SSSR count). The normalized spacial score (nSPS) is 17.9. The van der Waals surface area contributed by atoms with E-state index in [2.05, 4.69) is 4.74 Å². The van der Waals surface area contributed by atoms with Gasteiger partial charge in [-0.15, -0.1) is 13.2 Å². The molecule has 0 aliphatic carbocycles. The molecule has 0 aromatic heterocycles. The molecular weight excluding hydrogens is 595 g/mol. The third kappa shape index (κ3) is 7.51. The Hall–Kier alpha value is -3.56. The van der Waals surface area contributed by atoms with Crippen molar-refractivity contribution in [3.05, 3.63) is 48.5 Å². The van der Waals surface area contributed by atoms with E-state index in [1.54, 1.807) is 4.90 Å². The maximum Gasteiger partial charge on any atom is 0.573 e. The largest absolute Gasteiger partial charge is 0.573 e. The van der Waals surface area contributed by atoms with E-state index in [0.29, 0.717) is 44.1 Å². The highest BCUT2D eigenvalue weighted by molar-refractivity contribution is 7.93. The van der Waals surface area contributed by atoms with E-state index >= 15 is 0 Å². The van der Waals surface area contributed by atoms with Gasteiger partial charge in [0, 0.05) is 38.5 Å². The molecule has 11 nitrogen and oxygen atoms in total. The zero-order chi connectivity index (χ0) is 31.3. The number of sulfone groups is 1. The molecule has 2 aromatic rings. The van der Waals surface area contributed by atoms with Crippen LogP contribution in [0.2, 0.25) is 0 Å². The Balaban J connectivity index is 1.23. The lowest BCUT2D eigenvalue weighted by molar-refractivity contribution is -0.274. The van der Waals surface area contributed by atoms with E-state index in [0.717, 1.165) is 6.42 Å². The van der Waals surface area contributed by atoms with Gasteiger partial charge < -0.3 is 19.1 Å². The first-order valence-electron chi connectivity index (χ1n) is 13.8. The summed E-state index contributed by atoms with van der Waals surface area (Å²) < 4.78 is 76.9. The fourth-order valence-electron chi connectivity index (χ4n) is 5.27. The first-order valence-corrected chi connectivity index (χ1v) is 15.3. The van der Waals surface area contributed by atoms with Gasteiger partial charge in [0.05, 0.1) is 11.5 Å². The van der Waals surface area contributed by atoms with Gasteiger partial charge in [0.2, 0.25) is 0 Å². The van der Waals surface area contributed by atoms with Gasteiger partial charge in [-0.05, 0) is 80.1 Å². The Bertz CT molecular complexity index is 1370. The number of hydrogen-bond acceptors (Lipinski definition) is 8. The molecule has 1 atom stereocenters. The van der Waals surface area contributed by atoms with Crippen molar-refractivity contribution in [1.82, 2.24) is 10.4 Å². The standard InChI is InChI=1S/C28H34F3N3O8S/c1-20(19-33-14-15-34(26(33)36)21-4-6-23(7-5-21)42-28(29,30)31)3-2-16-41-22-8-10-24(11-9-22)43(38,39)27(25(35)32-37)12-17-40-18-13-27/h4-11,20,37H,2-3,12-19H2,1H3,(H,32,35)/t20-/m1/s1. The molecule has 3 amide bonds. The van der Waals surface area contributed by atoms with Crippen molar-refractivity contribution in [1.29, 1.82) is 0 Å². The van der Waals surface area contributed by atoms with Gasteiger partial charge in [-0.25, -0.2) is 18.7 Å². The van der Waals surface area contributed by atoms with E-state index in [1.807, 2.05) is 6.92 Å². The molecule has 2 heterocycles. The first-order chi connectivity index (χ1) is 20.4. The van der Waals surface area contributed by atoms with E-state index in [9.17, 15) is 36.4 Å². The van der Waals surface area contributed by atoms with E-state index in [-0.39, 0.29) is 48.6 Å². The molecule has 0 saturated carbocycles. The number of urea groups is 1. The Morgan fingerprint density at radius 2 is 1.70 bits per heavy atom. The smallest absolute Gasteiger partial charge is 0.494 e. The molecule has 0 spiro atoms. The number of amides is 3. The second kappa shape index (κ2) is 13.4. The Morgan fingerprint density at radius 3 is 2.30 bits per heavy atom. The van der Waals surface area contributed by atoms with Crippen molar-refractivity contribution in [3.63, 3.8) is 0 Å². The Kier molecular flexibility index (Phi) is 10.1. The fourth-order valence-corrected chi connectivity index (χ4v) is 7.21. The lowest BCUT2D eigenvalue weighted by Gasteiger charge is -2.34. The number of benzene rings is 2. The summed E-state index contributed by atoms with van der Waals surface area (Å²) in [4.78, 5) is 28.4. The minimum atomic E-state index is -4.78. The van der Waals surface area contributed by atoms with Crippen LogP contribution in [0, 0.1) is 5.92 Å². The Morgan fingerprint density at radius 1 is 1.07 bits per heavy atom. The Labute approximate surface area is 247 Å². The van der Waals surface area contributed by atoms with Crippen LogP contribution in [-0.2, 0) is 19.4 Å². The van der Waals surface area contributed by atoms with E-state index in [1.165, 1.54) is 58.9 Å². The second-order valence-electron chi connectivity index (χ2n) is 10.5. The average molecular weight is 630 g/mol. The molecule has 0 radical (unpaired) electrons. The number of carbonyl (C=O) groups is 2. The number of carbonyl (C=O) groups excluding carboxylic acids is 2. The highest BCUT2D eigenvalue weighted by Gasteiger charge is 2.52. The molecule has 2 fully saturated rings. The third-order valence-corrected chi connectivity index (χ3v) is 10.1. The highest BCUT2D eigenvalue weighted by Crippen LogP contribution is 2.36. The van der Waals surface area contributed by atoms with Crippen LogP contribution < -0.4 is 19.9 Å². The fraction of sp³-hybridized carbons (Fsp3) is 0.500. The summed E-state index contributed by atoms with van der Waals surface area (Å²) in [5, 5.41) is 9.18. The van der Waals surface area contributed by atoms with Crippen LogP contribution in [-0.4, -0.2) is 81.0 Å². The molecule has 43 heavy (non-hydrogen) atoms. The summed E-state index contributed by atoms with van der Waals surface area (Å²) in [6, 6.07) is 10.7. The second-order valence-corrected chi connectivity index (χ2v) is 12.8. The minimum Gasteiger partial charge on any atom is -0.494 e. The molecule has 0 unspecified atom stereocenters. The molecule has 0 bridgehead atoms. The van der Waals surface area contributed by atoms with Crippen molar-refractivity contribution in [2.24, 2.45) is 5.92 Å². The number of ether oxygens (including phenoxy) is 3. The van der Waals surface area contributed by atoms with Gasteiger partial charge in [0.25, 0.3) is 5.91 Å². The number of hydrogen-bond donors (Lipinski definition) is 2. The maximum absolute atomic E-state index is 13.3. The summed E-state index contributed by atoms with van der Waals surface area (Å²) in [5.74, 6) is -0.735. The van der Waals surface area contributed by atoms with Crippen LogP contribution in [0.5, 0.6) is 11.5 Å². The van der Waals surface area contributed by atoms with Gasteiger partial charge in [0.1, 0.15) is 11.5 Å². The monoisotopic (exact) mass is 629 g/mol. The average Bonchev–Trinajstić information content (AvgIpc) is 3.34. The molecule has 2 aromatic carbocycles. The summed E-state index contributed by atoms with van der Waals surface area (Å²) in [6.45, 7) is 3.93. The van der Waals surface area contributed by atoms with Crippen LogP contribution in [0.1, 0.15) is 32.6 Å². The van der Waals surface area contributed by atoms with E-state index < -0.39 is 26.9 Å². The third-order valence-electron chi connectivity index (χ3n) is 7.58. The van der Waals surface area contributed by atoms with Crippen molar-refractivity contribution >= 4 is 27.5 Å². The lowest BCUT2D eigenvalue weighted by atomic mass is 9.98. The SMILES string of the molecule is C[C@H](CCCOc1ccc(S(=O)(=O)C2(C(=O)NO)CCOCC2)cc1)CN1CCN(c2ccc(OC(F)(F)F)cc2)C1=O. The van der Waals surface area contributed by atoms with Crippen molar-refractivity contribution in [2.75, 3.05) is 44.4 Å². The molecule has 2 N–H and O–H groups in total. The topological polar surface area (TPSA) is 135 Å². The minimum absolute atomic E-state index is 0.0612. The highest BCUT2D eigenvalue weighted by atomic mass is 32.2. The molecule has 2 aliphatic heterocycles. The van der Waals surface area contributed by atoms with Gasteiger partial charge in [-0.3, -0.25) is 14.9 Å². The van der Waals surface area contributed by atoms with Crippen LogP contribution in [0.4, 0.5) is 23.7 Å². The van der Waals surface area contributed by atoms with Crippen molar-refractivity contribution in [3.8, 4) is 11.5 Å². The summed E-state index contributed by atoms with van der Waals surface area (Å²) in [6.07, 6.45) is -3.51. The van der Waals surface area contributed by atoms with E-state index in [4.69, 9.17) is 9.47 Å². The summed E-state index contributed by atoms with van der Waals surface area (Å²) in [7, 11) is -4.12. The summed E-state index contributed by atoms with van der Waals surface area (Å²) in [5.41, 5.74) is 1.98. The van der Waals surface area contributed by atoms with Crippen molar-refractivity contribution < 1.29 is 50.6 Å². The number of halogens is 3. The molecule has 15 heteroatoms. The quantitative estimate of drug-likeness (QED) is 0.203. The predicted octanol–water partition coefficient (Wildman–Crippen LogP) is 4.15. The molecule has 2 saturated heterocycles. The zero-order valence-corrected chi connectivity index (χ0v) is 24.3. The zero-order valence-electron chi connectivity index (χ0n) is 23.5. The van der Waals surface area contributed by atoms with Crippen molar-refractivity contribution in [2.45, 2.75) is 48.6 Å². The van der Waals surface area contributed by atoms with Crippen LogP contribution in [0.3, 0.4) is 0 Å². The first kappa shape index (κ1) is 32.4. The van der Waals surface area contributed by atoms with Gasteiger partial charge >= 0.3 is 12.4 Å². The van der Waals surface area contributed by atoms with Crippen LogP contribution >= 0.6 is 0 Å². The van der Waals surface area contributed by atoms with Crippen LogP contribution in [0.15, 0.2) is 53.4 Å². The van der Waals surface area contributed by atoms with Crippen LogP contribution in [0.25, 0.3) is 0 Å². The number of hydroxylamine groups is 1. The number of anilines is 1. The molecular formula is C28H34F3N3O8S. The van der Waals surface area contributed by atoms with Gasteiger partial charge in [-0.2, -0.15) is 0 Å². The van der Waals surface area contributed by atoms with Gasteiger partial charge in [-0.1, -0.05) is 6.92 Å². The number of nitrogens with one attached hydrogen (secondary N) is 1. The number of nitrogens with zero attached hydrogens (tertiary/aromatic N) is 2.